The van der Waals surface area contributed by atoms with Gasteiger partial charge in [0.05, 0.1) is 11.6 Å². The number of rotatable bonds is 2. The van der Waals surface area contributed by atoms with Crippen molar-refractivity contribution in [2.24, 2.45) is 0 Å². The van der Waals surface area contributed by atoms with Crippen LogP contribution in [0.2, 0.25) is 0 Å². The molecule has 3 heteroatoms. The van der Waals surface area contributed by atoms with Crippen LogP contribution in [0.1, 0.15) is 11.1 Å². The van der Waals surface area contributed by atoms with Crippen LogP contribution in [0.25, 0.3) is 5.47 Å². The first-order chi connectivity index (χ1) is 5.77. The molecule has 0 atom stereocenters. The number of hydrogen-bond acceptors (Lipinski definition) is 2. The van der Waals surface area contributed by atoms with Crippen molar-refractivity contribution >= 4 is 13.0 Å². The van der Waals surface area contributed by atoms with Crippen molar-refractivity contribution in [3.63, 3.8) is 0 Å². The van der Waals surface area contributed by atoms with Gasteiger partial charge in [0.2, 0.25) is 0 Å². The van der Waals surface area contributed by atoms with Crippen LogP contribution in [0.5, 0.6) is 0 Å². The van der Waals surface area contributed by atoms with Crippen LogP contribution >= 0.6 is 0 Å². The third kappa shape index (κ3) is 1.74. The second kappa shape index (κ2) is 3.75. The minimum absolute atomic E-state index is 0.507. The summed E-state index contributed by atoms with van der Waals surface area (Å²) in [6, 6.07) is 8.93. The molecule has 1 rings (SSSR count). The molecule has 0 unspecified atom stereocenters. The van der Waals surface area contributed by atoms with Gasteiger partial charge in [-0.3, -0.25) is 0 Å². The zero-order valence-electron chi connectivity index (χ0n) is 6.49. The van der Waals surface area contributed by atoms with Crippen LogP contribution in [-0.4, -0.2) is 12.5 Å². The van der Waals surface area contributed by atoms with Gasteiger partial charge in [-0.05, 0) is 17.7 Å². The fourth-order valence-electron chi connectivity index (χ4n) is 0.863. The summed E-state index contributed by atoms with van der Waals surface area (Å²) in [5.74, 6) is 0. The van der Waals surface area contributed by atoms with E-state index in [-0.39, 0.29) is 0 Å². The van der Waals surface area contributed by atoms with Gasteiger partial charge in [-0.15, -0.1) is 6.58 Å². The summed E-state index contributed by atoms with van der Waals surface area (Å²) in [5.41, 5.74) is 1.83. The second-order valence-corrected chi connectivity index (χ2v) is 2.35. The van der Waals surface area contributed by atoms with Gasteiger partial charge in [0.25, 0.3) is 0 Å². The Bertz CT molecular complexity index is 341. The number of hydrogen-bond donors (Lipinski definition) is 1. The van der Waals surface area contributed by atoms with Crippen molar-refractivity contribution < 1.29 is 5.02 Å². The molecule has 0 aromatic heterocycles. The third-order valence-corrected chi connectivity index (χ3v) is 1.52. The molecule has 0 bridgehead atoms. The highest BCUT2D eigenvalue weighted by atomic mass is 16.2. The lowest BCUT2D eigenvalue weighted by molar-refractivity contribution is 0.616. The maximum absolute atomic E-state index is 8.64. The van der Waals surface area contributed by atoms with Crippen LogP contribution in [-0.2, 0) is 0 Å². The molecule has 1 radical (unpaired) electrons. The molecule has 0 fully saturated rings. The van der Waals surface area contributed by atoms with Crippen LogP contribution in [0.15, 0.2) is 30.8 Å². The highest BCUT2D eigenvalue weighted by Gasteiger charge is 1.99. The van der Waals surface area contributed by atoms with E-state index in [1.165, 1.54) is 0 Å². The van der Waals surface area contributed by atoms with Crippen LogP contribution in [0.3, 0.4) is 0 Å². The van der Waals surface area contributed by atoms with Gasteiger partial charge in [-0.25, -0.2) is 0 Å². The van der Waals surface area contributed by atoms with Crippen molar-refractivity contribution in [2.75, 3.05) is 0 Å². The number of nitrogens with zero attached hydrogens (tertiary/aromatic N) is 1. The summed E-state index contributed by atoms with van der Waals surface area (Å²) >= 11 is 0. The molecular formula is C9H7BNO. The zero-order valence-corrected chi connectivity index (χ0v) is 6.49. The molecule has 0 aliphatic heterocycles. The third-order valence-electron chi connectivity index (χ3n) is 1.52. The first kappa shape index (κ1) is 8.57. The molecule has 2 nitrogen and oxygen atoms in total. The monoisotopic (exact) mass is 156 g/mol. The quantitative estimate of drug-likeness (QED) is 0.652. The van der Waals surface area contributed by atoms with Gasteiger partial charge in [-0.1, -0.05) is 17.6 Å². The topological polar surface area (TPSA) is 44.0 Å². The lowest BCUT2D eigenvalue weighted by atomic mass is 9.83. The van der Waals surface area contributed by atoms with Crippen molar-refractivity contribution in [1.29, 1.82) is 5.26 Å². The highest BCUT2D eigenvalue weighted by Crippen LogP contribution is 2.11. The summed E-state index contributed by atoms with van der Waals surface area (Å²) in [6.07, 6.45) is 0. The van der Waals surface area contributed by atoms with Crippen LogP contribution < -0.4 is 0 Å². The van der Waals surface area contributed by atoms with Gasteiger partial charge in [-0.2, -0.15) is 5.26 Å². The van der Waals surface area contributed by atoms with Gasteiger partial charge < -0.3 is 5.02 Å². The molecule has 0 heterocycles. The highest BCUT2D eigenvalue weighted by molar-refractivity contribution is 6.53. The smallest absolute Gasteiger partial charge is 0.326 e. The minimum atomic E-state index is 0.507. The molecule has 0 saturated heterocycles. The Labute approximate surface area is 72.0 Å². The van der Waals surface area contributed by atoms with Crippen molar-refractivity contribution in [3.8, 4) is 6.07 Å². The van der Waals surface area contributed by atoms with E-state index in [0.717, 1.165) is 13.0 Å². The summed E-state index contributed by atoms with van der Waals surface area (Å²) in [5, 5.41) is 17.2. The maximum Gasteiger partial charge on any atom is 0.326 e. The average Bonchev–Trinajstić information content (AvgIpc) is 2.17. The lowest BCUT2D eigenvalue weighted by Gasteiger charge is -1.99. The molecule has 0 saturated carbocycles. The predicted octanol–water partition coefficient (Wildman–Crippen LogP) is 1.14. The van der Waals surface area contributed by atoms with Gasteiger partial charge in [0.15, 0.2) is 0 Å². The molecule has 0 spiro atoms. The SMILES string of the molecule is C=C([B]O)c1cccc(C#N)c1. The van der Waals surface area contributed by atoms with E-state index in [0.29, 0.717) is 11.0 Å². The zero-order chi connectivity index (χ0) is 8.97. The fourth-order valence-corrected chi connectivity index (χ4v) is 0.863. The van der Waals surface area contributed by atoms with E-state index < -0.39 is 0 Å². The van der Waals surface area contributed by atoms with Crippen LogP contribution in [0.4, 0.5) is 0 Å². The number of nitriles is 1. The largest absolute Gasteiger partial charge is 0.450 e. The van der Waals surface area contributed by atoms with Gasteiger partial charge in [0, 0.05) is 0 Å². The minimum Gasteiger partial charge on any atom is -0.450 e. The standard InChI is InChI=1S/C9H7BNO/c1-7(10-12)9-4-2-3-8(5-9)6-11/h2-5,12H,1H2. The summed E-state index contributed by atoms with van der Waals surface area (Å²) < 4.78 is 0. The molecule has 12 heavy (non-hydrogen) atoms. The normalized spacial score (nSPS) is 8.67. The average molecular weight is 156 g/mol. The molecule has 1 aromatic carbocycles. The summed E-state index contributed by atoms with van der Waals surface area (Å²) in [4.78, 5) is 0. The lowest BCUT2D eigenvalue weighted by Crippen LogP contribution is -1.92. The number of benzene rings is 1. The Morgan fingerprint density at radius 2 is 2.33 bits per heavy atom. The molecule has 1 aromatic rings. The Morgan fingerprint density at radius 3 is 2.92 bits per heavy atom. The van der Waals surface area contributed by atoms with Crippen molar-refractivity contribution in [1.82, 2.24) is 0 Å². The molecule has 0 aliphatic carbocycles. The van der Waals surface area contributed by atoms with E-state index in [9.17, 15) is 0 Å². The Kier molecular flexibility index (Phi) is 2.68. The Hall–Kier alpha value is -1.53. The fraction of sp³-hybridized carbons (Fsp3) is 0. The summed E-state index contributed by atoms with van der Waals surface area (Å²) in [7, 11) is 0.927. The summed E-state index contributed by atoms with van der Waals surface area (Å²) in [6.45, 7) is 3.60. The van der Waals surface area contributed by atoms with E-state index in [1.807, 2.05) is 6.07 Å². The first-order valence-corrected chi connectivity index (χ1v) is 3.45. The van der Waals surface area contributed by atoms with E-state index >= 15 is 0 Å². The van der Waals surface area contributed by atoms with Crippen LogP contribution in [0, 0.1) is 11.3 Å². The van der Waals surface area contributed by atoms with E-state index in [1.54, 1.807) is 24.3 Å². The predicted molar refractivity (Wildman–Crippen MR) is 48.2 cm³/mol. The van der Waals surface area contributed by atoms with Gasteiger partial charge >= 0.3 is 7.48 Å². The Morgan fingerprint density at radius 1 is 1.58 bits per heavy atom. The first-order valence-electron chi connectivity index (χ1n) is 3.45. The second-order valence-electron chi connectivity index (χ2n) is 2.35. The molecule has 0 aliphatic rings. The maximum atomic E-state index is 8.64. The van der Waals surface area contributed by atoms with Gasteiger partial charge in [0.1, 0.15) is 0 Å². The molecule has 1 N–H and O–H groups in total. The van der Waals surface area contributed by atoms with E-state index in [2.05, 4.69) is 6.58 Å². The molecule has 0 amide bonds. The van der Waals surface area contributed by atoms with Crippen molar-refractivity contribution in [2.45, 2.75) is 0 Å². The Balaban J connectivity index is 3.04. The molecular weight excluding hydrogens is 149 g/mol. The van der Waals surface area contributed by atoms with E-state index in [4.69, 9.17) is 10.3 Å². The molecule has 57 valence electrons. The van der Waals surface area contributed by atoms with Crippen molar-refractivity contribution in [3.05, 3.63) is 42.0 Å².